The van der Waals surface area contributed by atoms with Gasteiger partial charge in [-0.05, 0) is 5.92 Å². The van der Waals surface area contributed by atoms with Crippen LogP contribution in [-0.4, -0.2) is 31.6 Å². The zero-order chi connectivity index (χ0) is 9.84. The van der Waals surface area contributed by atoms with E-state index in [4.69, 9.17) is 20.9 Å². The summed E-state index contributed by atoms with van der Waals surface area (Å²) in [6, 6.07) is 0. The van der Waals surface area contributed by atoms with Gasteiger partial charge in [0, 0.05) is 19.5 Å². The molecule has 0 radical (unpaired) electrons. The minimum Gasteiger partial charge on any atom is -0.345 e. The zero-order valence-corrected chi connectivity index (χ0v) is 11.0. The van der Waals surface area contributed by atoms with Crippen LogP contribution in [0.1, 0.15) is 20.3 Å². The van der Waals surface area contributed by atoms with E-state index in [0.29, 0.717) is 19.0 Å². The van der Waals surface area contributed by atoms with Crippen molar-refractivity contribution < 1.29 is 30.5 Å². The van der Waals surface area contributed by atoms with Crippen molar-refractivity contribution in [3.8, 4) is 0 Å². The molecule has 1 heterocycles. The fraction of sp³-hybridized carbons (Fsp3) is 1.00. The summed E-state index contributed by atoms with van der Waals surface area (Å²) in [7, 11) is 0. The summed E-state index contributed by atoms with van der Waals surface area (Å²) in [5.74, 6) is 0.569. The Labute approximate surface area is 99.9 Å². The van der Waals surface area contributed by atoms with Gasteiger partial charge in [0.25, 0.3) is 0 Å². The second kappa shape index (κ2) is 6.91. The van der Waals surface area contributed by atoms with Crippen LogP contribution >= 0.6 is 0 Å². The summed E-state index contributed by atoms with van der Waals surface area (Å²) in [6.07, 6.45) is 0.761. The predicted octanol–water partition coefficient (Wildman–Crippen LogP) is 0.0575. The van der Waals surface area contributed by atoms with E-state index in [1.165, 1.54) is 0 Å². The maximum absolute atomic E-state index is 5.60. The topological polar surface area (TPSA) is 70.5 Å². The monoisotopic (exact) mass is 383 g/mol. The molecule has 0 aromatic heterocycles. The van der Waals surface area contributed by atoms with Gasteiger partial charge in [-0.3, -0.25) is 0 Å². The van der Waals surface area contributed by atoms with Gasteiger partial charge in [0.2, 0.25) is 0 Å². The van der Waals surface area contributed by atoms with Crippen molar-refractivity contribution >= 4 is 0 Å². The average Bonchev–Trinajstić information content (AvgIpc) is 2.45. The van der Waals surface area contributed by atoms with Gasteiger partial charge in [-0.2, -0.15) is 0 Å². The first-order chi connectivity index (χ1) is 6.17. The van der Waals surface area contributed by atoms with E-state index in [1.807, 2.05) is 0 Å². The summed E-state index contributed by atoms with van der Waals surface area (Å²) in [5, 5.41) is 0. The van der Waals surface area contributed by atoms with Crippen LogP contribution in [0, 0.1) is 5.92 Å². The number of hydrogen-bond donors (Lipinski definition) is 2. The molecule has 1 fully saturated rings. The standard InChI is InChI=1S/C9H20N2O2.Pt/c1-6(2)3-9-12-7(4-10)8(5-11)13-9;/h6-9H,3-5,10-11H2,1-2H3;/q;+2/t7-,8-;/m1./s1. The minimum absolute atomic E-state index is 0. The van der Waals surface area contributed by atoms with Gasteiger partial charge in [-0.25, -0.2) is 0 Å². The predicted molar refractivity (Wildman–Crippen MR) is 51.1 cm³/mol. The van der Waals surface area contributed by atoms with Crippen molar-refractivity contribution in [2.45, 2.75) is 38.8 Å². The molecule has 4 nitrogen and oxygen atoms in total. The Balaban J connectivity index is 0.00000169. The minimum atomic E-state index is -0.109. The molecule has 1 aliphatic heterocycles. The first-order valence-corrected chi connectivity index (χ1v) is 4.88. The number of nitrogens with two attached hydrogens (primary N) is 2. The molecule has 14 heavy (non-hydrogen) atoms. The van der Waals surface area contributed by atoms with Crippen molar-refractivity contribution in [1.29, 1.82) is 0 Å². The van der Waals surface area contributed by atoms with Crippen molar-refractivity contribution in [1.82, 2.24) is 0 Å². The van der Waals surface area contributed by atoms with Gasteiger partial charge >= 0.3 is 21.1 Å². The van der Waals surface area contributed by atoms with Crippen LogP contribution in [0.4, 0.5) is 0 Å². The van der Waals surface area contributed by atoms with Crippen molar-refractivity contribution in [3.05, 3.63) is 0 Å². The zero-order valence-electron chi connectivity index (χ0n) is 8.72. The second-order valence-electron chi connectivity index (χ2n) is 3.88. The summed E-state index contributed by atoms with van der Waals surface area (Å²) in [4.78, 5) is 0. The average molecular weight is 383 g/mol. The molecule has 0 spiro atoms. The van der Waals surface area contributed by atoms with Crippen LogP contribution in [0.5, 0.6) is 0 Å². The molecular formula is C9H20N2O2Pt+2. The van der Waals surface area contributed by atoms with E-state index < -0.39 is 0 Å². The largest absolute Gasteiger partial charge is 2.00 e. The molecule has 0 aromatic rings. The van der Waals surface area contributed by atoms with Gasteiger partial charge in [0.15, 0.2) is 6.29 Å². The van der Waals surface area contributed by atoms with Crippen molar-refractivity contribution in [2.24, 2.45) is 17.4 Å². The van der Waals surface area contributed by atoms with E-state index in [0.717, 1.165) is 6.42 Å². The number of rotatable bonds is 4. The Morgan fingerprint density at radius 1 is 1.07 bits per heavy atom. The molecule has 0 bridgehead atoms. The first kappa shape index (κ1) is 14.5. The van der Waals surface area contributed by atoms with E-state index >= 15 is 0 Å². The van der Waals surface area contributed by atoms with E-state index in [1.54, 1.807) is 0 Å². The van der Waals surface area contributed by atoms with Crippen LogP contribution in [0.15, 0.2) is 0 Å². The third-order valence-electron chi connectivity index (χ3n) is 2.20. The molecule has 0 unspecified atom stereocenters. The van der Waals surface area contributed by atoms with Crippen LogP contribution in [-0.2, 0) is 30.5 Å². The van der Waals surface area contributed by atoms with Crippen LogP contribution < -0.4 is 11.5 Å². The summed E-state index contributed by atoms with van der Waals surface area (Å²) in [5.41, 5.74) is 11.1. The van der Waals surface area contributed by atoms with Crippen LogP contribution in [0.3, 0.4) is 0 Å². The molecular weight excluding hydrogens is 363 g/mol. The normalized spacial score (nSPS) is 28.1. The molecule has 0 aromatic carbocycles. The van der Waals surface area contributed by atoms with Gasteiger partial charge < -0.3 is 20.9 Å². The summed E-state index contributed by atoms with van der Waals surface area (Å²) >= 11 is 0. The Morgan fingerprint density at radius 2 is 1.50 bits per heavy atom. The number of ether oxygens (including phenoxy) is 2. The van der Waals surface area contributed by atoms with Crippen molar-refractivity contribution in [2.75, 3.05) is 13.1 Å². The molecule has 1 rings (SSSR count). The third-order valence-corrected chi connectivity index (χ3v) is 2.20. The molecule has 0 amide bonds. The molecule has 1 saturated heterocycles. The second-order valence-corrected chi connectivity index (χ2v) is 3.88. The Bertz CT molecular complexity index is 146. The van der Waals surface area contributed by atoms with Crippen LogP contribution in [0.25, 0.3) is 0 Å². The third kappa shape index (κ3) is 3.95. The Hall–Kier alpha value is 0.528. The molecule has 4 N–H and O–H groups in total. The molecule has 5 heteroatoms. The van der Waals surface area contributed by atoms with Crippen LogP contribution in [0.2, 0.25) is 0 Å². The van der Waals surface area contributed by atoms with Gasteiger partial charge in [-0.1, -0.05) is 13.8 Å². The van der Waals surface area contributed by atoms with Gasteiger partial charge in [-0.15, -0.1) is 0 Å². The van der Waals surface area contributed by atoms with E-state index in [2.05, 4.69) is 13.8 Å². The maximum atomic E-state index is 5.60. The van der Waals surface area contributed by atoms with Gasteiger partial charge in [0.05, 0.1) is 0 Å². The van der Waals surface area contributed by atoms with Gasteiger partial charge in [0.1, 0.15) is 12.2 Å². The SMILES string of the molecule is CC(C)CC1O[C@H](CN)[C@@H](CN)O1.[Pt+2]. The Kier molecular flexibility index (Phi) is 7.17. The quantitative estimate of drug-likeness (QED) is 0.720. The smallest absolute Gasteiger partial charge is 0.345 e. The molecule has 0 saturated carbocycles. The maximum Gasteiger partial charge on any atom is 2.00 e. The molecule has 86 valence electrons. The number of hydrogen-bond acceptors (Lipinski definition) is 4. The van der Waals surface area contributed by atoms with Crippen molar-refractivity contribution in [3.63, 3.8) is 0 Å². The van der Waals surface area contributed by atoms with E-state index in [-0.39, 0.29) is 39.6 Å². The Morgan fingerprint density at radius 3 is 1.79 bits per heavy atom. The fourth-order valence-corrected chi connectivity index (χ4v) is 1.51. The van der Waals surface area contributed by atoms with E-state index in [9.17, 15) is 0 Å². The molecule has 2 atom stereocenters. The first-order valence-electron chi connectivity index (χ1n) is 4.88. The summed E-state index contributed by atoms with van der Waals surface area (Å²) < 4.78 is 11.2. The molecule has 0 aliphatic carbocycles. The molecule has 1 aliphatic rings. The summed E-state index contributed by atoms with van der Waals surface area (Å²) in [6.45, 7) is 5.24. The fourth-order valence-electron chi connectivity index (χ4n) is 1.51.